The second-order valence-corrected chi connectivity index (χ2v) is 26.8. The first-order valence-corrected chi connectivity index (χ1v) is 23.2. The third-order valence-corrected chi connectivity index (χ3v) is 20.8. The van der Waals surface area contributed by atoms with Crippen LogP contribution < -0.4 is 0 Å². The van der Waals surface area contributed by atoms with E-state index in [1.807, 2.05) is 39.3 Å². The van der Waals surface area contributed by atoms with E-state index in [2.05, 4.69) is 6.58 Å². The summed E-state index contributed by atoms with van der Waals surface area (Å²) in [6, 6.07) is 1.18. The number of hydrogen-bond acceptors (Lipinski definition) is 8. The molecule has 3 N–H and O–H groups in total. The fraction of sp³-hybridized carbons (Fsp3) is 0.714. The van der Waals surface area contributed by atoms with Gasteiger partial charge in [-0.1, -0.05) is 6.58 Å². The highest BCUT2D eigenvalue weighted by Crippen LogP contribution is 2.34. The van der Waals surface area contributed by atoms with E-state index in [4.69, 9.17) is 17.1 Å². The third kappa shape index (κ3) is 16.2. The first-order chi connectivity index (χ1) is 16.3. The fourth-order valence-corrected chi connectivity index (χ4v) is 20.6. The molecule has 11 nitrogen and oxygen atoms in total. The molecule has 0 saturated carbocycles. The average molecular weight is 583 g/mol. The number of rotatable bonds is 20. The molecule has 0 bridgehead atoms. The van der Waals surface area contributed by atoms with Crippen molar-refractivity contribution in [3.63, 3.8) is 0 Å². The monoisotopic (exact) mass is 582 g/mol. The smallest absolute Gasteiger partial charge is 0.469 e. The predicted octanol–water partition coefficient (Wildman–Crippen LogP) is 4.13. The van der Waals surface area contributed by atoms with Crippen LogP contribution in [-0.2, 0) is 36.3 Å². The van der Waals surface area contributed by atoms with Crippen LogP contribution in [0.1, 0.15) is 25.7 Å². The number of carbonyl (C=O) groups excluding carboxylic acids is 1. The van der Waals surface area contributed by atoms with Crippen LogP contribution in [0.4, 0.5) is 0 Å². The lowest BCUT2D eigenvalue weighted by Crippen LogP contribution is -2.62. The van der Waals surface area contributed by atoms with Crippen molar-refractivity contribution in [1.29, 1.82) is 0 Å². The molecule has 0 fully saturated rings. The Labute approximate surface area is 217 Å². The summed E-state index contributed by atoms with van der Waals surface area (Å²) in [6.07, 6.45) is 1.14. The number of aliphatic carboxylic acids is 3. The maximum absolute atomic E-state index is 11.5. The summed E-state index contributed by atoms with van der Waals surface area (Å²) in [4.78, 5) is 45.2. The van der Waals surface area contributed by atoms with Gasteiger partial charge in [0, 0.05) is 31.4 Å². The van der Waals surface area contributed by atoms with Gasteiger partial charge in [0.05, 0.1) is 6.61 Å². The van der Waals surface area contributed by atoms with Crippen LogP contribution >= 0.6 is 0 Å². The standard InChI is InChI=1S/C21H42O11Si4/c1-8-21(28)29-13-9-14-36(30-33(2,3)15-10-18(22)23,31-34(4,5)16-11-19(24)25)32-35(6,7)17-12-20(26)27/h8H,1,9-17H2,2-7H3,(H,22,23)(H,24,25)(H,26,27). The zero-order valence-corrected chi connectivity index (χ0v) is 26.3. The van der Waals surface area contributed by atoms with Gasteiger partial charge < -0.3 is 32.4 Å². The Bertz CT molecular complexity index is 705. The average Bonchev–Trinajstić information content (AvgIpc) is 2.71. The normalized spacial score (nSPS) is 12.7. The molecule has 0 aliphatic rings. The van der Waals surface area contributed by atoms with Gasteiger partial charge in [-0.3, -0.25) is 14.4 Å². The summed E-state index contributed by atoms with van der Waals surface area (Å²) >= 11 is 0. The summed E-state index contributed by atoms with van der Waals surface area (Å²) < 4.78 is 25.1. The molecular weight excluding hydrogens is 541 g/mol. The molecule has 0 aliphatic heterocycles. The van der Waals surface area contributed by atoms with Crippen molar-refractivity contribution < 1.29 is 51.6 Å². The van der Waals surface area contributed by atoms with Gasteiger partial charge in [0.1, 0.15) is 0 Å². The summed E-state index contributed by atoms with van der Waals surface area (Å²) in [5, 5.41) is 27.6. The molecule has 0 aromatic carbocycles. The highest BCUT2D eigenvalue weighted by Gasteiger charge is 2.52. The molecule has 0 aromatic heterocycles. The van der Waals surface area contributed by atoms with Crippen molar-refractivity contribution in [1.82, 2.24) is 0 Å². The SMILES string of the molecule is C=CC(=O)OCCC[Si](O[Si](C)(C)CCC(=O)O)(O[Si](C)(C)CCC(=O)O)O[Si](C)(C)CCC(=O)O. The van der Waals surface area contributed by atoms with E-state index in [0.29, 0.717) is 24.6 Å². The first-order valence-electron chi connectivity index (χ1n) is 11.9. The predicted molar refractivity (Wildman–Crippen MR) is 143 cm³/mol. The summed E-state index contributed by atoms with van der Waals surface area (Å²) in [7, 11) is -11.6. The van der Waals surface area contributed by atoms with Crippen molar-refractivity contribution >= 4 is 57.6 Å². The van der Waals surface area contributed by atoms with Crippen LogP contribution in [-0.4, -0.2) is 79.6 Å². The van der Waals surface area contributed by atoms with Crippen molar-refractivity contribution in [3.8, 4) is 0 Å². The molecule has 0 rings (SSSR count). The molecule has 0 aromatic rings. The molecule has 0 spiro atoms. The maximum atomic E-state index is 11.5. The Morgan fingerprint density at radius 1 is 0.667 bits per heavy atom. The highest BCUT2D eigenvalue weighted by atomic mass is 28.5. The van der Waals surface area contributed by atoms with Crippen molar-refractivity contribution in [2.75, 3.05) is 6.61 Å². The number of hydrogen-bond donors (Lipinski definition) is 3. The molecule has 0 saturated heterocycles. The van der Waals surface area contributed by atoms with Crippen molar-refractivity contribution in [2.24, 2.45) is 0 Å². The van der Waals surface area contributed by atoms with Crippen LogP contribution in [0, 0.1) is 0 Å². The molecular formula is C21H42O11Si4. The number of carboxylic acids is 3. The Morgan fingerprint density at radius 3 is 1.28 bits per heavy atom. The Morgan fingerprint density at radius 2 is 1.00 bits per heavy atom. The molecule has 0 unspecified atom stereocenters. The van der Waals surface area contributed by atoms with Crippen LogP contribution in [0.15, 0.2) is 12.7 Å². The quantitative estimate of drug-likeness (QED) is 0.0817. The molecule has 0 atom stereocenters. The van der Waals surface area contributed by atoms with Gasteiger partial charge in [0.25, 0.3) is 0 Å². The Balaban J connectivity index is 6.24. The van der Waals surface area contributed by atoms with Gasteiger partial charge in [-0.15, -0.1) is 0 Å². The lowest BCUT2D eigenvalue weighted by Gasteiger charge is -2.45. The van der Waals surface area contributed by atoms with Crippen LogP contribution in [0.3, 0.4) is 0 Å². The zero-order valence-electron chi connectivity index (χ0n) is 22.3. The van der Waals surface area contributed by atoms with Gasteiger partial charge in [-0.25, -0.2) is 4.79 Å². The van der Waals surface area contributed by atoms with E-state index in [1.54, 1.807) is 0 Å². The largest absolute Gasteiger partial charge is 0.481 e. The highest BCUT2D eigenvalue weighted by molar-refractivity contribution is 6.90. The minimum absolute atomic E-state index is 0.0566. The lowest BCUT2D eigenvalue weighted by molar-refractivity contribution is -0.138. The molecule has 15 heteroatoms. The van der Waals surface area contributed by atoms with E-state index < -0.39 is 57.6 Å². The fourth-order valence-electron chi connectivity index (χ4n) is 3.38. The number of ether oxygens (including phenoxy) is 1. The molecule has 0 aliphatic carbocycles. The number of carbonyl (C=O) groups is 4. The van der Waals surface area contributed by atoms with Crippen LogP contribution in [0.2, 0.25) is 63.5 Å². The van der Waals surface area contributed by atoms with Gasteiger partial charge in [0.15, 0.2) is 25.0 Å². The summed E-state index contributed by atoms with van der Waals surface area (Å²) in [6.45, 7) is 14.7. The Kier molecular flexibility index (Phi) is 14.3. The van der Waals surface area contributed by atoms with E-state index in [-0.39, 0.29) is 31.9 Å². The second-order valence-electron chi connectivity index (χ2n) is 10.4. The first kappa shape index (κ1) is 34.4. The molecule has 208 valence electrons. The van der Waals surface area contributed by atoms with E-state index in [0.717, 1.165) is 6.08 Å². The van der Waals surface area contributed by atoms with Crippen LogP contribution in [0.25, 0.3) is 0 Å². The zero-order chi connectivity index (χ0) is 28.2. The van der Waals surface area contributed by atoms with E-state index >= 15 is 0 Å². The molecule has 0 amide bonds. The summed E-state index contributed by atoms with van der Waals surface area (Å²) in [5.74, 6) is -3.42. The summed E-state index contributed by atoms with van der Waals surface area (Å²) in [5.41, 5.74) is 0. The second kappa shape index (κ2) is 14.9. The molecule has 36 heavy (non-hydrogen) atoms. The van der Waals surface area contributed by atoms with Crippen molar-refractivity contribution in [2.45, 2.75) is 89.1 Å². The van der Waals surface area contributed by atoms with Gasteiger partial charge in [-0.2, -0.15) is 0 Å². The van der Waals surface area contributed by atoms with E-state index in [1.165, 1.54) is 0 Å². The van der Waals surface area contributed by atoms with Gasteiger partial charge in [-0.05, 0) is 63.8 Å². The topological polar surface area (TPSA) is 166 Å². The molecule has 0 heterocycles. The van der Waals surface area contributed by atoms with Crippen molar-refractivity contribution in [3.05, 3.63) is 12.7 Å². The lowest BCUT2D eigenvalue weighted by atomic mass is 10.5. The Hall–Kier alpha value is -1.63. The van der Waals surface area contributed by atoms with Gasteiger partial charge >= 0.3 is 32.7 Å². The number of carboxylic acid groups (broad SMARTS) is 3. The third-order valence-electron chi connectivity index (χ3n) is 5.16. The maximum Gasteiger partial charge on any atom is 0.469 e. The minimum Gasteiger partial charge on any atom is -0.481 e. The van der Waals surface area contributed by atoms with E-state index in [9.17, 15) is 34.5 Å². The minimum atomic E-state index is -3.61. The number of esters is 1. The van der Waals surface area contributed by atoms with Gasteiger partial charge in [0.2, 0.25) is 0 Å². The van der Waals surface area contributed by atoms with Crippen LogP contribution in [0.5, 0.6) is 0 Å². The molecule has 0 radical (unpaired) electrons.